The van der Waals surface area contributed by atoms with Gasteiger partial charge in [-0.25, -0.2) is 4.79 Å². The fraction of sp³-hybridized carbons (Fsp3) is 0.571. The van der Waals surface area contributed by atoms with Crippen molar-refractivity contribution in [3.05, 3.63) is 28.3 Å². The number of hydrogen-bond acceptors (Lipinski definition) is 5. The number of pyridine rings is 1. The smallest absolute Gasteiger partial charge is 0.417 e. The summed E-state index contributed by atoms with van der Waals surface area (Å²) in [5.74, 6) is -0.252. The van der Waals surface area contributed by atoms with Crippen molar-refractivity contribution in [2.75, 3.05) is 20.1 Å². The number of aromatic nitrogens is 1. The van der Waals surface area contributed by atoms with E-state index in [0.717, 1.165) is 30.2 Å². The Morgan fingerprint density at radius 1 is 1.26 bits per heavy atom. The molecule has 1 saturated heterocycles. The second kappa shape index (κ2) is 8.29. The molecule has 31 heavy (non-hydrogen) atoms. The van der Waals surface area contributed by atoms with E-state index in [-0.39, 0.29) is 33.9 Å². The van der Waals surface area contributed by atoms with Crippen LogP contribution in [0.15, 0.2) is 11.4 Å². The number of thiophene rings is 1. The van der Waals surface area contributed by atoms with Crippen LogP contribution in [-0.2, 0) is 10.9 Å². The summed E-state index contributed by atoms with van der Waals surface area (Å²) in [6.45, 7) is 2.69. The number of carbonyl (C=O) groups excluding carboxylic acids is 2. The van der Waals surface area contributed by atoms with Crippen LogP contribution in [0, 0.1) is 5.92 Å². The Labute approximate surface area is 181 Å². The number of halogens is 3. The molecule has 1 aliphatic heterocycles. The third-order valence-electron chi connectivity index (χ3n) is 6.06. The largest absolute Gasteiger partial charge is 0.446 e. The first kappa shape index (κ1) is 21.9. The molecule has 1 saturated carbocycles. The van der Waals surface area contributed by atoms with Gasteiger partial charge in [-0.2, -0.15) is 13.2 Å². The van der Waals surface area contributed by atoms with Gasteiger partial charge in [0.1, 0.15) is 6.10 Å². The lowest BCUT2D eigenvalue weighted by molar-refractivity contribution is -0.136. The van der Waals surface area contributed by atoms with E-state index < -0.39 is 17.6 Å². The van der Waals surface area contributed by atoms with E-state index in [1.54, 1.807) is 4.90 Å². The Hall–Kier alpha value is -2.36. The molecule has 2 aliphatic rings. The number of piperidine rings is 1. The van der Waals surface area contributed by atoms with Crippen LogP contribution in [0.1, 0.15) is 60.1 Å². The molecule has 3 heterocycles. The van der Waals surface area contributed by atoms with E-state index in [1.807, 2.05) is 6.92 Å². The zero-order valence-corrected chi connectivity index (χ0v) is 18.1. The average molecular weight is 456 g/mol. The highest BCUT2D eigenvalue weighted by molar-refractivity contribution is 7.17. The van der Waals surface area contributed by atoms with Crippen molar-refractivity contribution in [1.82, 2.24) is 15.2 Å². The van der Waals surface area contributed by atoms with Crippen LogP contribution in [0.2, 0.25) is 0 Å². The first-order valence-corrected chi connectivity index (χ1v) is 11.2. The molecule has 0 bridgehead atoms. The molecule has 1 atom stereocenters. The second-order valence-corrected chi connectivity index (χ2v) is 9.07. The predicted molar refractivity (Wildman–Crippen MR) is 110 cm³/mol. The molecule has 0 radical (unpaired) electrons. The van der Waals surface area contributed by atoms with Crippen molar-refractivity contribution in [1.29, 1.82) is 0 Å². The summed E-state index contributed by atoms with van der Waals surface area (Å²) in [4.78, 5) is 30.5. The minimum Gasteiger partial charge on any atom is -0.446 e. The Morgan fingerprint density at radius 3 is 2.52 bits per heavy atom. The molecule has 2 fully saturated rings. The average Bonchev–Trinajstić information content (AvgIpc) is 3.51. The third kappa shape index (κ3) is 4.49. The van der Waals surface area contributed by atoms with Crippen LogP contribution in [0.25, 0.3) is 10.2 Å². The van der Waals surface area contributed by atoms with Gasteiger partial charge < -0.3 is 15.0 Å². The molecule has 0 aromatic carbocycles. The van der Waals surface area contributed by atoms with Crippen LogP contribution in [0.5, 0.6) is 0 Å². The summed E-state index contributed by atoms with van der Waals surface area (Å²) in [6.07, 6.45) is -1.89. The first-order valence-electron chi connectivity index (χ1n) is 10.4. The minimum atomic E-state index is -4.55. The monoisotopic (exact) mass is 455 g/mol. The highest BCUT2D eigenvalue weighted by atomic mass is 32.1. The number of nitrogens with one attached hydrogen (secondary N) is 1. The van der Waals surface area contributed by atoms with Crippen molar-refractivity contribution < 1.29 is 27.5 Å². The molecule has 1 aliphatic carbocycles. The normalized spacial score (nSPS) is 18.8. The first-order chi connectivity index (χ1) is 14.7. The van der Waals surface area contributed by atoms with Gasteiger partial charge in [0.25, 0.3) is 5.91 Å². The van der Waals surface area contributed by atoms with Crippen LogP contribution < -0.4 is 5.32 Å². The van der Waals surface area contributed by atoms with Gasteiger partial charge in [0.2, 0.25) is 0 Å². The van der Waals surface area contributed by atoms with Gasteiger partial charge in [0, 0.05) is 37.1 Å². The summed E-state index contributed by atoms with van der Waals surface area (Å²) < 4.78 is 46.6. The van der Waals surface area contributed by atoms with Gasteiger partial charge in [0.15, 0.2) is 0 Å². The molecule has 168 valence electrons. The standard InChI is InChI=1S/C21H24F3N3O3S/c1-11(12-3-4-12)30-20(29)27-7-5-13(6-8-27)16-9-15(21(22,23)24)18-17(26-16)14(10-31-18)19(28)25-2/h9-13H,3-8H2,1-2H3,(H,25,28)/t11-/m0/s1. The van der Waals surface area contributed by atoms with E-state index in [2.05, 4.69) is 10.3 Å². The summed E-state index contributed by atoms with van der Waals surface area (Å²) in [5.41, 5.74) is -0.241. The number of fused-ring (bicyclic) bond motifs is 1. The van der Waals surface area contributed by atoms with Crippen molar-refractivity contribution in [2.45, 2.75) is 50.8 Å². The van der Waals surface area contributed by atoms with Gasteiger partial charge in [-0.1, -0.05) is 0 Å². The number of rotatable bonds is 4. The van der Waals surface area contributed by atoms with Crippen LogP contribution in [-0.4, -0.2) is 48.1 Å². The molecule has 4 rings (SSSR count). The van der Waals surface area contributed by atoms with Crippen molar-refractivity contribution in [2.24, 2.45) is 5.92 Å². The van der Waals surface area contributed by atoms with Gasteiger partial charge in [-0.05, 0) is 44.6 Å². The van der Waals surface area contributed by atoms with E-state index >= 15 is 0 Å². The van der Waals surface area contributed by atoms with Gasteiger partial charge in [0.05, 0.1) is 21.3 Å². The molecule has 2 aromatic heterocycles. The maximum atomic E-state index is 13.7. The second-order valence-electron chi connectivity index (χ2n) is 8.19. The molecule has 0 spiro atoms. The maximum Gasteiger partial charge on any atom is 0.417 e. The Bertz CT molecular complexity index is 995. The van der Waals surface area contributed by atoms with E-state index in [4.69, 9.17) is 4.74 Å². The fourth-order valence-corrected chi connectivity index (χ4v) is 5.02. The summed E-state index contributed by atoms with van der Waals surface area (Å²) in [5, 5.41) is 3.86. The molecule has 0 unspecified atom stereocenters. The lowest BCUT2D eigenvalue weighted by Gasteiger charge is -2.32. The lowest BCUT2D eigenvalue weighted by atomic mass is 9.92. The Balaban J connectivity index is 1.55. The lowest BCUT2D eigenvalue weighted by Crippen LogP contribution is -2.40. The SMILES string of the molecule is CNC(=O)c1csc2c(C(F)(F)F)cc(C3CCN(C(=O)O[C@@H](C)C4CC4)CC3)nc12. The highest BCUT2D eigenvalue weighted by Crippen LogP contribution is 2.41. The zero-order chi connectivity index (χ0) is 22.3. The quantitative estimate of drug-likeness (QED) is 0.720. The van der Waals surface area contributed by atoms with Crippen LogP contribution >= 0.6 is 11.3 Å². The number of amides is 2. The Kier molecular flexibility index (Phi) is 5.85. The summed E-state index contributed by atoms with van der Waals surface area (Å²) in [7, 11) is 1.43. The molecule has 2 aromatic rings. The van der Waals surface area contributed by atoms with Crippen molar-refractivity contribution in [3.63, 3.8) is 0 Å². The number of nitrogens with zero attached hydrogens (tertiary/aromatic N) is 2. The number of carbonyl (C=O) groups is 2. The molecule has 1 N–H and O–H groups in total. The van der Waals surface area contributed by atoms with Crippen LogP contribution in [0.3, 0.4) is 0 Å². The number of ether oxygens (including phenoxy) is 1. The zero-order valence-electron chi connectivity index (χ0n) is 17.3. The van der Waals surface area contributed by atoms with Gasteiger partial charge >= 0.3 is 12.3 Å². The molecule has 2 amide bonds. The molecule has 10 heteroatoms. The van der Waals surface area contributed by atoms with Gasteiger partial charge in [-0.3, -0.25) is 9.78 Å². The predicted octanol–water partition coefficient (Wildman–Crippen LogP) is 4.79. The van der Waals surface area contributed by atoms with Crippen molar-refractivity contribution in [3.8, 4) is 0 Å². The minimum absolute atomic E-state index is 0.0371. The Morgan fingerprint density at radius 2 is 1.94 bits per heavy atom. The van der Waals surface area contributed by atoms with Gasteiger partial charge in [-0.15, -0.1) is 11.3 Å². The van der Waals surface area contributed by atoms with Crippen LogP contribution in [0.4, 0.5) is 18.0 Å². The van der Waals surface area contributed by atoms with E-state index in [9.17, 15) is 22.8 Å². The molecular weight excluding hydrogens is 431 g/mol. The third-order valence-corrected chi connectivity index (χ3v) is 7.07. The number of alkyl halides is 3. The van der Waals surface area contributed by atoms with Crippen molar-refractivity contribution >= 4 is 33.6 Å². The number of likely N-dealkylation sites (tertiary alicyclic amines) is 1. The van der Waals surface area contributed by atoms with E-state index in [1.165, 1.54) is 12.4 Å². The highest BCUT2D eigenvalue weighted by Gasteiger charge is 2.37. The summed E-state index contributed by atoms with van der Waals surface area (Å²) in [6, 6.07) is 1.10. The fourth-order valence-electron chi connectivity index (χ4n) is 4.00. The molecule has 6 nitrogen and oxygen atoms in total. The topological polar surface area (TPSA) is 71.5 Å². The molecular formula is C21H24F3N3O3S. The number of hydrogen-bond donors (Lipinski definition) is 1. The maximum absolute atomic E-state index is 13.7. The summed E-state index contributed by atoms with van der Waals surface area (Å²) >= 11 is 0.871. The van der Waals surface area contributed by atoms with E-state index in [0.29, 0.717) is 37.5 Å².